The smallest absolute Gasteiger partial charge is 0.326 e. The van der Waals surface area contributed by atoms with Gasteiger partial charge in [0.05, 0.1) is 16.4 Å². The minimum atomic E-state index is -0.417. The SMILES string of the molecule is Cc1ccc(C2c3sc(=O)[nH]c3Nc3c2c(=O)n(C)c(=O)n3C)cc1. The lowest BCUT2D eigenvalue weighted by molar-refractivity contribution is 0.668. The van der Waals surface area contributed by atoms with E-state index in [1.807, 2.05) is 31.2 Å². The maximum absolute atomic E-state index is 12.9. The van der Waals surface area contributed by atoms with E-state index in [0.29, 0.717) is 17.2 Å². The Morgan fingerprint density at radius 2 is 1.72 bits per heavy atom. The summed E-state index contributed by atoms with van der Waals surface area (Å²) in [7, 11) is 3.07. The van der Waals surface area contributed by atoms with Gasteiger partial charge in [0, 0.05) is 14.1 Å². The van der Waals surface area contributed by atoms with Crippen molar-refractivity contribution in [2.24, 2.45) is 14.1 Å². The fraction of sp³-hybridized carbons (Fsp3) is 0.235. The quantitative estimate of drug-likeness (QED) is 0.539. The fourth-order valence-electron chi connectivity index (χ4n) is 3.24. The Balaban J connectivity index is 2.11. The van der Waals surface area contributed by atoms with Crippen LogP contribution in [0.4, 0.5) is 11.6 Å². The summed E-state index contributed by atoms with van der Waals surface area (Å²) in [5.74, 6) is 0.554. The van der Waals surface area contributed by atoms with Crippen molar-refractivity contribution in [1.82, 2.24) is 14.1 Å². The zero-order valence-electron chi connectivity index (χ0n) is 13.9. The molecular weight excluding hydrogens is 340 g/mol. The molecule has 0 fully saturated rings. The van der Waals surface area contributed by atoms with E-state index in [2.05, 4.69) is 10.3 Å². The maximum atomic E-state index is 12.9. The van der Waals surface area contributed by atoms with E-state index in [4.69, 9.17) is 0 Å². The highest BCUT2D eigenvalue weighted by Crippen LogP contribution is 2.43. The van der Waals surface area contributed by atoms with Crippen LogP contribution in [0.2, 0.25) is 0 Å². The highest BCUT2D eigenvalue weighted by molar-refractivity contribution is 7.10. The Bertz CT molecular complexity index is 1160. The molecule has 1 aromatic carbocycles. The Hall–Kier alpha value is -2.87. The maximum Gasteiger partial charge on any atom is 0.332 e. The predicted octanol–water partition coefficient (Wildman–Crippen LogP) is 1.38. The Morgan fingerprint density at radius 1 is 1.04 bits per heavy atom. The number of H-pyrrole nitrogens is 1. The van der Waals surface area contributed by atoms with E-state index in [9.17, 15) is 14.4 Å². The first kappa shape index (κ1) is 15.6. The number of hydrogen-bond acceptors (Lipinski definition) is 5. The van der Waals surface area contributed by atoms with Gasteiger partial charge in [-0.2, -0.15) is 0 Å². The zero-order valence-corrected chi connectivity index (χ0v) is 14.7. The number of thiazole rings is 1. The van der Waals surface area contributed by atoms with Crippen molar-refractivity contribution in [1.29, 1.82) is 0 Å². The van der Waals surface area contributed by atoms with E-state index in [0.717, 1.165) is 31.9 Å². The van der Waals surface area contributed by atoms with Crippen LogP contribution < -0.4 is 21.4 Å². The standard InChI is InChI=1S/C17H16N4O3S/c1-8-4-6-9(7-5-8)10-11-14(18-13-12(10)25-16(23)19-13)20(2)17(24)21(3)15(11)22/h4-7,10,18H,1-3H3,(H,19,23). The largest absolute Gasteiger partial charge is 0.332 e. The minimum Gasteiger partial charge on any atom is -0.326 e. The monoisotopic (exact) mass is 356 g/mol. The van der Waals surface area contributed by atoms with Gasteiger partial charge in [0.15, 0.2) is 0 Å². The Kier molecular flexibility index (Phi) is 3.33. The number of aryl methyl sites for hydroxylation is 1. The highest BCUT2D eigenvalue weighted by Gasteiger charge is 2.34. The second-order valence-corrected chi connectivity index (χ2v) is 7.21. The summed E-state index contributed by atoms with van der Waals surface area (Å²) in [6, 6.07) is 7.85. The van der Waals surface area contributed by atoms with Crippen molar-refractivity contribution >= 4 is 23.0 Å². The van der Waals surface area contributed by atoms with Crippen LogP contribution in [0.3, 0.4) is 0 Å². The average molecular weight is 356 g/mol. The van der Waals surface area contributed by atoms with Crippen molar-refractivity contribution in [2.45, 2.75) is 12.8 Å². The van der Waals surface area contributed by atoms with Crippen LogP contribution in [0.25, 0.3) is 0 Å². The van der Waals surface area contributed by atoms with Gasteiger partial charge in [-0.25, -0.2) is 4.79 Å². The van der Waals surface area contributed by atoms with Crippen LogP contribution in [0.15, 0.2) is 38.6 Å². The summed E-state index contributed by atoms with van der Waals surface area (Å²) >= 11 is 1.08. The van der Waals surface area contributed by atoms with E-state index < -0.39 is 11.6 Å². The molecule has 4 rings (SSSR count). The number of rotatable bonds is 1. The predicted molar refractivity (Wildman–Crippen MR) is 97.3 cm³/mol. The van der Waals surface area contributed by atoms with Gasteiger partial charge in [0.1, 0.15) is 11.6 Å². The Morgan fingerprint density at radius 3 is 2.40 bits per heavy atom. The molecule has 0 aliphatic carbocycles. The number of aromatic nitrogens is 3. The van der Waals surface area contributed by atoms with Crippen LogP contribution in [0.5, 0.6) is 0 Å². The number of anilines is 2. The summed E-state index contributed by atoms with van der Waals surface area (Å²) in [6.07, 6.45) is 0. The molecule has 1 aliphatic heterocycles. The molecule has 0 saturated heterocycles. The number of nitrogens with one attached hydrogen (secondary N) is 2. The molecule has 0 spiro atoms. The molecule has 8 heteroatoms. The topological polar surface area (TPSA) is 88.9 Å². The van der Waals surface area contributed by atoms with Crippen molar-refractivity contribution in [3.8, 4) is 0 Å². The van der Waals surface area contributed by atoms with Crippen molar-refractivity contribution in [3.63, 3.8) is 0 Å². The van der Waals surface area contributed by atoms with E-state index in [-0.39, 0.29) is 10.4 Å². The molecule has 2 aromatic heterocycles. The van der Waals surface area contributed by atoms with Gasteiger partial charge >= 0.3 is 10.6 Å². The van der Waals surface area contributed by atoms with E-state index in [1.165, 1.54) is 11.6 Å². The first-order chi connectivity index (χ1) is 11.9. The number of benzene rings is 1. The van der Waals surface area contributed by atoms with Crippen LogP contribution in [0.1, 0.15) is 27.5 Å². The van der Waals surface area contributed by atoms with Gasteiger partial charge in [-0.05, 0) is 12.5 Å². The number of nitrogens with zero attached hydrogens (tertiary/aromatic N) is 2. The summed E-state index contributed by atoms with van der Waals surface area (Å²) in [4.78, 5) is 40.4. The zero-order chi connectivity index (χ0) is 17.9. The molecule has 25 heavy (non-hydrogen) atoms. The minimum absolute atomic E-state index is 0.204. The van der Waals surface area contributed by atoms with Crippen LogP contribution in [0, 0.1) is 6.92 Å². The van der Waals surface area contributed by atoms with Crippen LogP contribution in [-0.4, -0.2) is 14.1 Å². The summed E-state index contributed by atoms with van der Waals surface area (Å²) < 4.78 is 2.50. The van der Waals surface area contributed by atoms with Gasteiger partial charge in [-0.1, -0.05) is 41.2 Å². The molecule has 3 heterocycles. The molecule has 0 amide bonds. The molecule has 128 valence electrons. The van der Waals surface area contributed by atoms with Crippen LogP contribution in [-0.2, 0) is 14.1 Å². The lowest BCUT2D eigenvalue weighted by Crippen LogP contribution is -2.42. The first-order valence-corrected chi connectivity index (χ1v) is 8.56. The third-order valence-corrected chi connectivity index (χ3v) is 5.53. The van der Waals surface area contributed by atoms with Gasteiger partial charge in [-0.3, -0.25) is 23.7 Å². The van der Waals surface area contributed by atoms with Gasteiger partial charge in [-0.15, -0.1) is 0 Å². The first-order valence-electron chi connectivity index (χ1n) is 7.75. The molecule has 0 bridgehead atoms. The molecule has 3 aromatic rings. The van der Waals surface area contributed by atoms with Gasteiger partial charge in [0.25, 0.3) is 5.56 Å². The lowest BCUT2D eigenvalue weighted by Gasteiger charge is -2.27. The molecule has 0 radical (unpaired) electrons. The normalized spacial score (nSPS) is 15.4. The van der Waals surface area contributed by atoms with Crippen LogP contribution >= 0.6 is 11.3 Å². The summed E-state index contributed by atoms with van der Waals surface area (Å²) in [6.45, 7) is 1.99. The Labute approximate surface area is 146 Å². The molecule has 0 saturated carbocycles. The number of hydrogen-bond donors (Lipinski definition) is 2. The van der Waals surface area contributed by atoms with Crippen molar-refractivity contribution < 1.29 is 0 Å². The van der Waals surface area contributed by atoms with E-state index >= 15 is 0 Å². The third kappa shape index (κ3) is 2.21. The molecule has 1 aliphatic rings. The molecule has 7 nitrogen and oxygen atoms in total. The van der Waals surface area contributed by atoms with Crippen molar-refractivity contribution in [2.75, 3.05) is 5.32 Å². The third-order valence-electron chi connectivity index (χ3n) is 4.58. The van der Waals surface area contributed by atoms with Gasteiger partial charge < -0.3 is 5.32 Å². The van der Waals surface area contributed by atoms with E-state index in [1.54, 1.807) is 7.05 Å². The fourth-order valence-corrected chi connectivity index (χ4v) is 4.17. The highest BCUT2D eigenvalue weighted by atomic mass is 32.1. The molecule has 1 unspecified atom stereocenters. The lowest BCUT2D eigenvalue weighted by atomic mass is 9.88. The molecule has 1 atom stereocenters. The second kappa shape index (κ2) is 5.32. The average Bonchev–Trinajstić information content (AvgIpc) is 2.97. The second-order valence-electron chi connectivity index (χ2n) is 6.19. The van der Waals surface area contributed by atoms with Gasteiger partial charge in [0.2, 0.25) is 0 Å². The van der Waals surface area contributed by atoms with Crippen molar-refractivity contribution in [3.05, 3.63) is 76.3 Å². The summed E-state index contributed by atoms with van der Waals surface area (Å²) in [5.41, 5.74) is 1.70. The summed E-state index contributed by atoms with van der Waals surface area (Å²) in [5, 5.41) is 3.05. The molecular formula is C17H16N4O3S. The number of aromatic amines is 1. The molecule has 2 N–H and O–H groups in total. The number of fused-ring (bicyclic) bond motifs is 2.